The molecule has 2 aromatic carbocycles. The van der Waals surface area contributed by atoms with E-state index in [2.05, 4.69) is 15.3 Å². The van der Waals surface area contributed by atoms with Crippen LogP contribution in [0.3, 0.4) is 0 Å². The van der Waals surface area contributed by atoms with Gasteiger partial charge in [0.2, 0.25) is 0 Å². The van der Waals surface area contributed by atoms with Crippen LogP contribution in [0.1, 0.15) is 20.8 Å². The summed E-state index contributed by atoms with van der Waals surface area (Å²) in [5.74, 6) is 0.299. The number of methoxy groups -OCH3 is 1. The third-order valence-corrected chi connectivity index (χ3v) is 4.25. The van der Waals surface area contributed by atoms with E-state index in [4.69, 9.17) is 9.47 Å². The average molecular weight is 387 g/mol. The first kappa shape index (κ1) is 18.2. The molecule has 0 aliphatic rings. The van der Waals surface area contributed by atoms with Crippen LogP contribution in [0.4, 0.5) is 5.69 Å². The molecule has 0 unspecified atom stereocenters. The largest absolute Gasteiger partial charge is 0.497 e. The van der Waals surface area contributed by atoms with Crippen molar-refractivity contribution in [3.8, 4) is 11.5 Å². The standard InChI is InChI=1S/C22H17N3O4/c1-28-17-7-9-18(10-8-17)29-22(27)19-12-15-11-16(13-23-20(15)25-19)24-21(26)14-5-3-2-4-6-14/h2-13H,1H3,(H,23,25)(H,24,26). The number of aromatic nitrogens is 2. The van der Waals surface area contributed by atoms with E-state index < -0.39 is 5.97 Å². The van der Waals surface area contributed by atoms with E-state index in [9.17, 15) is 9.59 Å². The number of nitrogens with zero attached hydrogens (tertiary/aromatic N) is 1. The third-order valence-electron chi connectivity index (χ3n) is 4.25. The number of carbonyl (C=O) groups excluding carboxylic acids is 2. The number of anilines is 1. The molecule has 0 saturated heterocycles. The van der Waals surface area contributed by atoms with E-state index in [1.807, 2.05) is 6.07 Å². The van der Waals surface area contributed by atoms with Gasteiger partial charge < -0.3 is 19.8 Å². The molecule has 7 nitrogen and oxygen atoms in total. The molecular weight excluding hydrogens is 370 g/mol. The van der Waals surface area contributed by atoms with E-state index in [0.29, 0.717) is 33.8 Å². The van der Waals surface area contributed by atoms with Crippen LogP contribution in [0.5, 0.6) is 11.5 Å². The number of H-pyrrole nitrogens is 1. The lowest BCUT2D eigenvalue weighted by atomic mass is 10.2. The predicted octanol–water partition coefficient (Wildman–Crippen LogP) is 4.04. The number of aromatic amines is 1. The predicted molar refractivity (Wildman–Crippen MR) is 108 cm³/mol. The maximum absolute atomic E-state index is 12.4. The van der Waals surface area contributed by atoms with Gasteiger partial charge in [0.1, 0.15) is 22.8 Å². The number of nitrogens with one attached hydrogen (secondary N) is 2. The normalized spacial score (nSPS) is 10.5. The SMILES string of the molecule is COc1ccc(OC(=O)c2cc3cc(NC(=O)c4ccccc4)cnc3[nH]2)cc1. The number of esters is 1. The number of hydrogen-bond donors (Lipinski definition) is 2. The Bertz CT molecular complexity index is 1170. The van der Waals surface area contributed by atoms with Crippen LogP contribution in [-0.4, -0.2) is 29.0 Å². The first-order valence-electron chi connectivity index (χ1n) is 8.84. The Kier molecular flexibility index (Phi) is 4.94. The van der Waals surface area contributed by atoms with E-state index in [1.165, 1.54) is 6.20 Å². The van der Waals surface area contributed by atoms with Gasteiger partial charge in [0.05, 0.1) is 19.0 Å². The number of carbonyl (C=O) groups is 2. The van der Waals surface area contributed by atoms with Crippen molar-refractivity contribution < 1.29 is 19.1 Å². The first-order valence-corrected chi connectivity index (χ1v) is 8.84. The number of hydrogen-bond acceptors (Lipinski definition) is 5. The summed E-state index contributed by atoms with van der Waals surface area (Å²) in [7, 11) is 1.56. The maximum Gasteiger partial charge on any atom is 0.360 e. The molecule has 2 aromatic heterocycles. The summed E-state index contributed by atoms with van der Waals surface area (Å²) in [5, 5.41) is 3.47. The zero-order valence-electron chi connectivity index (χ0n) is 15.5. The van der Waals surface area contributed by atoms with Crippen LogP contribution >= 0.6 is 0 Å². The molecule has 29 heavy (non-hydrogen) atoms. The average Bonchev–Trinajstić information content (AvgIpc) is 3.18. The molecule has 0 atom stereocenters. The molecule has 0 aliphatic heterocycles. The first-order chi connectivity index (χ1) is 14.1. The van der Waals surface area contributed by atoms with Crippen molar-refractivity contribution >= 4 is 28.6 Å². The molecule has 0 radical (unpaired) electrons. The molecule has 0 bridgehead atoms. The van der Waals surface area contributed by atoms with Gasteiger partial charge in [0.25, 0.3) is 5.91 Å². The fraction of sp³-hybridized carbons (Fsp3) is 0.0455. The van der Waals surface area contributed by atoms with Gasteiger partial charge >= 0.3 is 5.97 Å². The zero-order valence-corrected chi connectivity index (χ0v) is 15.5. The van der Waals surface area contributed by atoms with E-state index in [0.717, 1.165) is 0 Å². The molecule has 2 N–H and O–H groups in total. The van der Waals surface area contributed by atoms with Crippen LogP contribution in [0.25, 0.3) is 11.0 Å². The summed E-state index contributed by atoms with van der Waals surface area (Å²) < 4.78 is 10.4. The van der Waals surface area contributed by atoms with Crippen molar-refractivity contribution in [1.29, 1.82) is 0 Å². The number of amides is 1. The number of ether oxygens (including phenoxy) is 2. The number of pyridine rings is 1. The van der Waals surface area contributed by atoms with Gasteiger partial charge in [-0.3, -0.25) is 4.79 Å². The van der Waals surface area contributed by atoms with Crippen LogP contribution in [-0.2, 0) is 0 Å². The Labute approximate surface area is 166 Å². The minimum atomic E-state index is -0.539. The van der Waals surface area contributed by atoms with Gasteiger partial charge in [0.15, 0.2) is 0 Å². The summed E-state index contributed by atoms with van der Waals surface area (Å²) in [6.45, 7) is 0. The molecule has 7 heteroatoms. The highest BCUT2D eigenvalue weighted by Crippen LogP contribution is 2.21. The molecular formula is C22H17N3O4. The van der Waals surface area contributed by atoms with Crippen molar-refractivity contribution in [3.05, 3.63) is 84.2 Å². The van der Waals surface area contributed by atoms with Gasteiger partial charge in [0, 0.05) is 10.9 Å². The van der Waals surface area contributed by atoms with Gasteiger partial charge in [-0.2, -0.15) is 0 Å². The van der Waals surface area contributed by atoms with Crippen molar-refractivity contribution in [2.75, 3.05) is 12.4 Å². The van der Waals surface area contributed by atoms with Crippen molar-refractivity contribution in [2.45, 2.75) is 0 Å². The fourth-order valence-corrected chi connectivity index (χ4v) is 2.79. The molecule has 0 spiro atoms. The minimum absolute atomic E-state index is 0.235. The monoisotopic (exact) mass is 387 g/mol. The summed E-state index contributed by atoms with van der Waals surface area (Å²) >= 11 is 0. The highest BCUT2D eigenvalue weighted by atomic mass is 16.5. The van der Waals surface area contributed by atoms with E-state index in [1.54, 1.807) is 67.8 Å². The summed E-state index contributed by atoms with van der Waals surface area (Å²) in [4.78, 5) is 31.9. The van der Waals surface area contributed by atoms with Crippen LogP contribution < -0.4 is 14.8 Å². The Morgan fingerprint density at radius 3 is 2.41 bits per heavy atom. The Balaban J connectivity index is 1.50. The number of rotatable bonds is 5. The number of fused-ring (bicyclic) bond motifs is 1. The minimum Gasteiger partial charge on any atom is -0.497 e. The highest BCUT2D eigenvalue weighted by molar-refractivity contribution is 6.05. The number of benzene rings is 2. The molecule has 0 saturated carbocycles. The molecule has 1 amide bonds. The van der Waals surface area contributed by atoms with Crippen molar-refractivity contribution in [1.82, 2.24) is 9.97 Å². The zero-order chi connectivity index (χ0) is 20.2. The second-order valence-electron chi connectivity index (χ2n) is 6.23. The molecule has 144 valence electrons. The van der Waals surface area contributed by atoms with Crippen molar-refractivity contribution in [2.24, 2.45) is 0 Å². The Morgan fingerprint density at radius 1 is 0.966 bits per heavy atom. The van der Waals surface area contributed by atoms with Crippen LogP contribution in [0.15, 0.2) is 72.9 Å². The second kappa shape index (κ2) is 7.85. The van der Waals surface area contributed by atoms with E-state index >= 15 is 0 Å². The lowest BCUT2D eigenvalue weighted by Gasteiger charge is -2.04. The van der Waals surface area contributed by atoms with Gasteiger partial charge in [-0.05, 0) is 48.5 Å². The van der Waals surface area contributed by atoms with Crippen LogP contribution in [0.2, 0.25) is 0 Å². The molecule has 0 fully saturated rings. The van der Waals surface area contributed by atoms with Crippen molar-refractivity contribution in [3.63, 3.8) is 0 Å². The third kappa shape index (κ3) is 4.08. The molecule has 4 rings (SSSR count). The Morgan fingerprint density at radius 2 is 1.69 bits per heavy atom. The van der Waals surface area contributed by atoms with Crippen LogP contribution in [0, 0.1) is 0 Å². The summed E-state index contributed by atoms with van der Waals surface area (Å²) in [6.07, 6.45) is 1.53. The summed E-state index contributed by atoms with van der Waals surface area (Å²) in [5.41, 5.74) is 1.85. The maximum atomic E-state index is 12.4. The van der Waals surface area contributed by atoms with Gasteiger partial charge in [-0.15, -0.1) is 0 Å². The molecule has 4 aromatic rings. The topological polar surface area (TPSA) is 93.3 Å². The highest BCUT2D eigenvalue weighted by Gasteiger charge is 2.14. The lowest BCUT2D eigenvalue weighted by molar-refractivity contribution is 0.0729. The summed E-state index contributed by atoms with van der Waals surface area (Å²) in [6, 6.07) is 19.0. The lowest BCUT2D eigenvalue weighted by Crippen LogP contribution is -2.11. The fourth-order valence-electron chi connectivity index (χ4n) is 2.79. The quantitative estimate of drug-likeness (QED) is 0.398. The second-order valence-corrected chi connectivity index (χ2v) is 6.23. The van der Waals surface area contributed by atoms with Gasteiger partial charge in [-0.25, -0.2) is 9.78 Å². The Hall–Kier alpha value is -4.13. The van der Waals surface area contributed by atoms with E-state index in [-0.39, 0.29) is 11.6 Å². The molecule has 2 heterocycles. The van der Waals surface area contributed by atoms with Gasteiger partial charge in [-0.1, -0.05) is 18.2 Å². The molecule has 0 aliphatic carbocycles. The smallest absolute Gasteiger partial charge is 0.360 e.